The van der Waals surface area contributed by atoms with Crippen molar-refractivity contribution in [3.05, 3.63) is 0 Å². The molecule has 2 unspecified atom stereocenters. The molecule has 4 heteroatoms. The van der Waals surface area contributed by atoms with Crippen LogP contribution in [0.1, 0.15) is 51.9 Å². The summed E-state index contributed by atoms with van der Waals surface area (Å²) in [6.45, 7) is 3.78. The van der Waals surface area contributed by atoms with Crippen LogP contribution in [0, 0.1) is 5.92 Å². The van der Waals surface area contributed by atoms with Crippen molar-refractivity contribution in [1.82, 2.24) is 10.2 Å². The van der Waals surface area contributed by atoms with Crippen LogP contribution in [0.2, 0.25) is 0 Å². The van der Waals surface area contributed by atoms with E-state index in [1.807, 2.05) is 0 Å². The normalized spacial score (nSPS) is 30.4. The van der Waals surface area contributed by atoms with E-state index in [2.05, 4.69) is 12.2 Å². The molecule has 2 heterocycles. The second kappa shape index (κ2) is 6.32. The van der Waals surface area contributed by atoms with E-state index in [1.54, 1.807) is 0 Å². The van der Waals surface area contributed by atoms with Crippen LogP contribution in [0.25, 0.3) is 0 Å². The van der Waals surface area contributed by atoms with Crippen molar-refractivity contribution in [3.63, 3.8) is 0 Å². The molecule has 2 amide bonds. The highest BCUT2D eigenvalue weighted by atomic mass is 16.2. The van der Waals surface area contributed by atoms with E-state index >= 15 is 0 Å². The Labute approximate surface area is 109 Å². The SMILES string of the molecule is CCC1CCCNC1CN1C(=O)CCCCC1=O. The Morgan fingerprint density at radius 1 is 1.17 bits per heavy atom. The summed E-state index contributed by atoms with van der Waals surface area (Å²) in [5.41, 5.74) is 0. The number of amides is 2. The van der Waals surface area contributed by atoms with Gasteiger partial charge in [0.05, 0.1) is 0 Å². The van der Waals surface area contributed by atoms with Gasteiger partial charge in [0, 0.05) is 25.4 Å². The average Bonchev–Trinajstić information content (AvgIpc) is 2.54. The standard InChI is InChI=1S/C14H24N2O2/c1-2-11-6-5-9-15-12(11)10-16-13(17)7-3-4-8-14(16)18/h11-12,15H,2-10H2,1H3. The third-order valence-corrected chi connectivity index (χ3v) is 4.26. The lowest BCUT2D eigenvalue weighted by Gasteiger charge is -2.35. The quantitative estimate of drug-likeness (QED) is 0.778. The van der Waals surface area contributed by atoms with Gasteiger partial charge in [-0.25, -0.2) is 0 Å². The van der Waals surface area contributed by atoms with Gasteiger partial charge in [0.25, 0.3) is 0 Å². The number of likely N-dealkylation sites (tertiary alicyclic amines) is 1. The summed E-state index contributed by atoms with van der Waals surface area (Å²) >= 11 is 0. The molecule has 0 spiro atoms. The topological polar surface area (TPSA) is 49.4 Å². The van der Waals surface area contributed by atoms with Gasteiger partial charge in [-0.15, -0.1) is 0 Å². The van der Waals surface area contributed by atoms with Crippen molar-refractivity contribution in [1.29, 1.82) is 0 Å². The smallest absolute Gasteiger partial charge is 0.229 e. The minimum Gasteiger partial charge on any atom is -0.312 e. The fourth-order valence-corrected chi connectivity index (χ4v) is 3.08. The highest BCUT2D eigenvalue weighted by Gasteiger charge is 2.30. The molecular weight excluding hydrogens is 228 g/mol. The molecule has 0 aliphatic carbocycles. The predicted octanol–water partition coefficient (Wildman–Crippen LogP) is 1.69. The van der Waals surface area contributed by atoms with Crippen molar-refractivity contribution < 1.29 is 9.59 Å². The number of carbonyl (C=O) groups excluding carboxylic acids is 2. The Morgan fingerprint density at radius 3 is 2.44 bits per heavy atom. The fourth-order valence-electron chi connectivity index (χ4n) is 3.08. The minimum atomic E-state index is 0.0275. The monoisotopic (exact) mass is 252 g/mol. The summed E-state index contributed by atoms with van der Waals surface area (Å²) in [6, 6.07) is 0.301. The molecule has 18 heavy (non-hydrogen) atoms. The second-order valence-corrected chi connectivity index (χ2v) is 5.48. The minimum absolute atomic E-state index is 0.0275. The van der Waals surface area contributed by atoms with Gasteiger partial charge in [0.1, 0.15) is 0 Å². The zero-order chi connectivity index (χ0) is 13.0. The van der Waals surface area contributed by atoms with E-state index in [4.69, 9.17) is 0 Å². The van der Waals surface area contributed by atoms with Gasteiger partial charge in [-0.05, 0) is 38.1 Å². The Balaban J connectivity index is 2.00. The van der Waals surface area contributed by atoms with Crippen LogP contribution in [-0.2, 0) is 9.59 Å². The first-order valence-corrected chi connectivity index (χ1v) is 7.29. The van der Waals surface area contributed by atoms with Crippen molar-refractivity contribution in [2.45, 2.75) is 57.9 Å². The van der Waals surface area contributed by atoms with Gasteiger partial charge in [-0.1, -0.05) is 13.3 Å². The third kappa shape index (κ3) is 3.10. The maximum atomic E-state index is 12.0. The number of piperidine rings is 1. The third-order valence-electron chi connectivity index (χ3n) is 4.26. The molecule has 2 aliphatic rings. The Kier molecular flexibility index (Phi) is 4.75. The lowest BCUT2D eigenvalue weighted by Crippen LogP contribution is -2.51. The summed E-state index contributed by atoms with van der Waals surface area (Å²) in [6.07, 6.45) is 6.33. The van der Waals surface area contributed by atoms with E-state index in [9.17, 15) is 9.59 Å². The molecule has 2 aliphatic heterocycles. The number of hydrogen-bond acceptors (Lipinski definition) is 3. The molecule has 0 bridgehead atoms. The van der Waals surface area contributed by atoms with Gasteiger partial charge in [-0.2, -0.15) is 0 Å². The molecule has 0 saturated carbocycles. The van der Waals surface area contributed by atoms with Crippen LogP contribution < -0.4 is 5.32 Å². The summed E-state index contributed by atoms with van der Waals surface area (Å²) in [7, 11) is 0. The van der Waals surface area contributed by atoms with Crippen molar-refractivity contribution >= 4 is 11.8 Å². The van der Waals surface area contributed by atoms with E-state index in [1.165, 1.54) is 17.7 Å². The van der Waals surface area contributed by atoms with Crippen LogP contribution in [0.5, 0.6) is 0 Å². The predicted molar refractivity (Wildman–Crippen MR) is 70.0 cm³/mol. The fraction of sp³-hybridized carbons (Fsp3) is 0.857. The lowest BCUT2D eigenvalue weighted by atomic mass is 9.88. The van der Waals surface area contributed by atoms with Gasteiger partial charge >= 0.3 is 0 Å². The van der Waals surface area contributed by atoms with Gasteiger partial charge < -0.3 is 5.32 Å². The molecule has 2 atom stereocenters. The summed E-state index contributed by atoms with van der Waals surface area (Å²) in [5, 5.41) is 3.48. The first-order valence-electron chi connectivity index (χ1n) is 7.29. The maximum absolute atomic E-state index is 12.0. The Morgan fingerprint density at radius 2 is 1.83 bits per heavy atom. The number of hydrogen-bond donors (Lipinski definition) is 1. The molecule has 0 aromatic carbocycles. The number of imide groups is 1. The van der Waals surface area contributed by atoms with Crippen molar-refractivity contribution in [2.75, 3.05) is 13.1 Å². The first kappa shape index (κ1) is 13.5. The van der Waals surface area contributed by atoms with E-state index in [0.29, 0.717) is 31.3 Å². The van der Waals surface area contributed by atoms with Gasteiger partial charge in [0.2, 0.25) is 11.8 Å². The number of rotatable bonds is 3. The highest BCUT2D eigenvalue weighted by Crippen LogP contribution is 2.22. The molecule has 0 radical (unpaired) electrons. The molecule has 0 aromatic heterocycles. The average molecular weight is 252 g/mol. The molecule has 2 fully saturated rings. The maximum Gasteiger partial charge on any atom is 0.229 e. The largest absolute Gasteiger partial charge is 0.312 e. The van der Waals surface area contributed by atoms with E-state index < -0.39 is 0 Å². The van der Waals surface area contributed by atoms with Crippen LogP contribution >= 0.6 is 0 Å². The zero-order valence-electron chi connectivity index (χ0n) is 11.3. The molecule has 102 valence electrons. The zero-order valence-corrected chi connectivity index (χ0v) is 11.3. The molecule has 4 nitrogen and oxygen atoms in total. The van der Waals surface area contributed by atoms with Crippen LogP contribution in [0.4, 0.5) is 0 Å². The van der Waals surface area contributed by atoms with Gasteiger partial charge in [-0.3, -0.25) is 14.5 Å². The van der Waals surface area contributed by atoms with Crippen molar-refractivity contribution in [2.24, 2.45) is 5.92 Å². The summed E-state index contributed by atoms with van der Waals surface area (Å²) in [4.78, 5) is 25.5. The molecule has 1 N–H and O–H groups in total. The number of nitrogens with one attached hydrogen (secondary N) is 1. The number of nitrogens with zero attached hydrogens (tertiary/aromatic N) is 1. The summed E-state index contributed by atoms with van der Waals surface area (Å²) < 4.78 is 0. The Bertz CT molecular complexity index is 299. The van der Waals surface area contributed by atoms with Gasteiger partial charge in [0.15, 0.2) is 0 Å². The number of carbonyl (C=O) groups is 2. The first-order chi connectivity index (χ1) is 8.72. The second-order valence-electron chi connectivity index (χ2n) is 5.48. The van der Waals surface area contributed by atoms with Crippen LogP contribution in [-0.4, -0.2) is 35.8 Å². The Hall–Kier alpha value is -0.900. The highest BCUT2D eigenvalue weighted by molar-refractivity contribution is 5.96. The molecule has 2 saturated heterocycles. The van der Waals surface area contributed by atoms with Crippen LogP contribution in [0.3, 0.4) is 0 Å². The van der Waals surface area contributed by atoms with Crippen LogP contribution in [0.15, 0.2) is 0 Å². The van der Waals surface area contributed by atoms with Crippen molar-refractivity contribution in [3.8, 4) is 0 Å². The molecule has 2 rings (SSSR count). The summed E-state index contributed by atoms with van der Waals surface area (Å²) in [5.74, 6) is 0.655. The molecule has 0 aromatic rings. The lowest BCUT2D eigenvalue weighted by molar-refractivity contribution is -0.144. The van der Waals surface area contributed by atoms with E-state index in [-0.39, 0.29) is 11.8 Å². The van der Waals surface area contributed by atoms with E-state index in [0.717, 1.165) is 25.8 Å². The molecular formula is C14H24N2O2.